The summed E-state index contributed by atoms with van der Waals surface area (Å²) < 4.78 is 72.3. The van der Waals surface area contributed by atoms with E-state index >= 15 is 0 Å². The number of rotatable bonds is 13. The Balaban J connectivity index is 1.14. The van der Waals surface area contributed by atoms with Crippen molar-refractivity contribution >= 4 is 40.4 Å². The number of fused-ring (bicyclic) bond motifs is 4. The SMILES string of the molecule is C/C=C1\C[C@H]2CNc3cc(OCCP(=O)(CCO)CCOc4cc5c(cc4OC)C(=O)N4C/C(=C/C)C[C@H]4C(S(=O)(=O)O)N5)c(OC)cc3C(=O)N2C1. The topological polar surface area (TPSA) is 193 Å². The van der Waals surface area contributed by atoms with E-state index in [-0.39, 0.29) is 86.0 Å². The fourth-order valence-electron chi connectivity index (χ4n) is 7.44. The third-order valence-electron chi connectivity index (χ3n) is 10.5. The van der Waals surface area contributed by atoms with Crippen LogP contribution in [0.3, 0.4) is 0 Å². The van der Waals surface area contributed by atoms with Gasteiger partial charge in [0.05, 0.1) is 69.2 Å². The predicted molar refractivity (Wildman–Crippen MR) is 200 cm³/mol. The van der Waals surface area contributed by atoms with E-state index in [9.17, 15) is 32.2 Å². The second-order valence-corrected chi connectivity index (χ2v) is 18.6. The number of benzene rings is 2. The Morgan fingerprint density at radius 1 is 0.830 bits per heavy atom. The molecule has 6 rings (SSSR count). The normalized spacial score (nSPS) is 23.5. The molecule has 4 aliphatic rings. The Bertz CT molecular complexity index is 1980. The number of allylic oxidation sites excluding steroid dienone is 2. The third-order valence-corrected chi connectivity index (χ3v) is 14.6. The molecule has 2 unspecified atom stereocenters. The van der Waals surface area contributed by atoms with E-state index in [0.29, 0.717) is 35.8 Å². The molecule has 288 valence electrons. The van der Waals surface area contributed by atoms with Crippen molar-refractivity contribution in [1.82, 2.24) is 9.80 Å². The van der Waals surface area contributed by atoms with E-state index in [4.69, 9.17) is 18.9 Å². The maximum Gasteiger partial charge on any atom is 0.288 e. The minimum absolute atomic E-state index is 0.0291. The number of hydrogen-bond acceptors (Lipinski definition) is 12. The zero-order valence-corrected chi connectivity index (χ0v) is 32.0. The first kappa shape index (κ1) is 38.5. The number of methoxy groups -OCH3 is 2. The molecule has 4 heterocycles. The van der Waals surface area contributed by atoms with Gasteiger partial charge in [0.15, 0.2) is 28.4 Å². The number of carbonyl (C=O) groups excluding carboxylic acids is 2. The Morgan fingerprint density at radius 2 is 1.38 bits per heavy atom. The van der Waals surface area contributed by atoms with Crippen molar-refractivity contribution in [2.45, 2.75) is 44.1 Å². The summed E-state index contributed by atoms with van der Waals surface area (Å²) in [6.45, 7) is 4.88. The van der Waals surface area contributed by atoms with Crippen LogP contribution in [0.15, 0.2) is 47.6 Å². The van der Waals surface area contributed by atoms with Crippen LogP contribution >= 0.6 is 7.14 Å². The maximum absolute atomic E-state index is 14.0. The number of ether oxygens (including phenoxy) is 4. The molecule has 4 aliphatic heterocycles. The lowest BCUT2D eigenvalue weighted by molar-refractivity contribution is 0.0740. The number of hydrogen-bond donors (Lipinski definition) is 4. The van der Waals surface area contributed by atoms with E-state index < -0.39 is 34.6 Å². The highest BCUT2D eigenvalue weighted by atomic mass is 32.2. The Morgan fingerprint density at radius 3 is 1.94 bits per heavy atom. The van der Waals surface area contributed by atoms with Gasteiger partial charge in [-0.2, -0.15) is 8.42 Å². The molecule has 0 aliphatic carbocycles. The number of aliphatic hydroxyl groups is 1. The van der Waals surface area contributed by atoms with Crippen LogP contribution < -0.4 is 29.6 Å². The number of aliphatic hydroxyl groups excluding tert-OH is 1. The zero-order chi connectivity index (χ0) is 38.1. The molecule has 0 spiro atoms. The van der Waals surface area contributed by atoms with Crippen LogP contribution in [0, 0.1) is 0 Å². The molecule has 2 aromatic carbocycles. The van der Waals surface area contributed by atoms with Crippen molar-refractivity contribution in [3.05, 3.63) is 58.7 Å². The van der Waals surface area contributed by atoms with Crippen LogP contribution in [0.4, 0.5) is 11.4 Å². The first-order valence-electron chi connectivity index (χ1n) is 17.6. The highest BCUT2D eigenvalue weighted by Crippen LogP contribution is 2.46. The fourth-order valence-corrected chi connectivity index (χ4v) is 10.2. The van der Waals surface area contributed by atoms with E-state index in [0.717, 1.165) is 12.0 Å². The van der Waals surface area contributed by atoms with Gasteiger partial charge in [0, 0.05) is 56.9 Å². The minimum Gasteiger partial charge on any atom is -0.493 e. The van der Waals surface area contributed by atoms with Crippen LogP contribution in [0.1, 0.15) is 47.4 Å². The number of anilines is 2. The van der Waals surface area contributed by atoms with Crippen molar-refractivity contribution in [3.63, 3.8) is 0 Å². The van der Waals surface area contributed by atoms with Gasteiger partial charge >= 0.3 is 0 Å². The second kappa shape index (κ2) is 15.6. The zero-order valence-electron chi connectivity index (χ0n) is 30.3. The number of amides is 2. The van der Waals surface area contributed by atoms with Gasteiger partial charge in [-0.3, -0.25) is 14.1 Å². The predicted octanol–water partition coefficient (Wildman–Crippen LogP) is 3.90. The van der Waals surface area contributed by atoms with Gasteiger partial charge in [0.1, 0.15) is 0 Å². The van der Waals surface area contributed by atoms with Crippen LogP contribution in [0.25, 0.3) is 0 Å². The standard InChI is InChI=1S/C36H47N4O11PS/c1-5-22-13-24-19-37-27-17-32(30(48-3)15-25(27)35(42)39(24)20-22)50-8-11-52(44,10-7-41)12-9-51-33-18-28-26(16-31(33)49-4)36(43)40-21-23(6-2)14-29(40)34(38-28)53(45,46)47/h5-6,15-18,24,29,34,37-38,41H,7-14,19-21H2,1-4H3,(H,45,46,47)/b22-5+,23-6+/t24-,29-,34?,52?/m0/s1. The summed E-state index contributed by atoms with van der Waals surface area (Å²) in [5.74, 6) is 0.620. The van der Waals surface area contributed by atoms with E-state index in [1.165, 1.54) is 36.8 Å². The molecule has 0 saturated carbocycles. The maximum atomic E-state index is 14.0. The lowest BCUT2D eigenvalue weighted by Crippen LogP contribution is -2.47. The Kier molecular flexibility index (Phi) is 11.3. The van der Waals surface area contributed by atoms with E-state index in [1.807, 2.05) is 24.8 Å². The average Bonchev–Trinajstić information content (AvgIpc) is 3.71. The highest BCUT2D eigenvalue weighted by Gasteiger charge is 2.46. The molecule has 4 atom stereocenters. The lowest BCUT2D eigenvalue weighted by Gasteiger charge is -2.26. The van der Waals surface area contributed by atoms with Gasteiger partial charge in [-0.1, -0.05) is 23.3 Å². The second-order valence-electron chi connectivity index (χ2n) is 13.6. The summed E-state index contributed by atoms with van der Waals surface area (Å²) in [4.78, 5) is 30.4. The van der Waals surface area contributed by atoms with Crippen molar-refractivity contribution in [3.8, 4) is 23.0 Å². The number of carbonyl (C=O) groups is 2. The van der Waals surface area contributed by atoms with Crippen LogP contribution in [0.5, 0.6) is 23.0 Å². The van der Waals surface area contributed by atoms with Gasteiger partial charge < -0.3 is 49.1 Å². The van der Waals surface area contributed by atoms with Crippen LogP contribution in [-0.4, -0.2) is 129 Å². The third kappa shape index (κ3) is 7.87. The van der Waals surface area contributed by atoms with Crippen molar-refractivity contribution in [2.75, 3.05) is 82.8 Å². The molecule has 2 fully saturated rings. The molecule has 2 amide bonds. The molecule has 17 heteroatoms. The van der Waals surface area contributed by atoms with Gasteiger partial charge in [-0.25, -0.2) is 0 Å². The molecule has 0 bridgehead atoms. The summed E-state index contributed by atoms with van der Waals surface area (Å²) in [6.07, 6.45) is 5.20. The molecule has 0 radical (unpaired) electrons. The monoisotopic (exact) mass is 774 g/mol. The van der Waals surface area contributed by atoms with Gasteiger partial charge in [0.2, 0.25) is 0 Å². The molecule has 4 N–H and O–H groups in total. The van der Waals surface area contributed by atoms with Crippen molar-refractivity contribution < 1.29 is 51.2 Å². The molecular weight excluding hydrogens is 727 g/mol. The Hall–Kier alpha value is -4.24. The summed E-state index contributed by atoms with van der Waals surface area (Å²) in [5.41, 5.74) is 3.52. The summed E-state index contributed by atoms with van der Waals surface area (Å²) in [6, 6.07) is 5.51. The van der Waals surface area contributed by atoms with Gasteiger partial charge in [-0.05, 0) is 38.8 Å². The van der Waals surface area contributed by atoms with Gasteiger partial charge in [-0.15, -0.1) is 0 Å². The molecule has 15 nitrogen and oxygen atoms in total. The summed E-state index contributed by atoms with van der Waals surface area (Å²) >= 11 is 0. The fraction of sp³-hybridized carbons (Fsp3) is 0.500. The average molecular weight is 775 g/mol. The lowest BCUT2D eigenvalue weighted by atomic mass is 10.1. The Labute approximate surface area is 309 Å². The number of nitrogens with one attached hydrogen (secondary N) is 2. The van der Waals surface area contributed by atoms with Crippen molar-refractivity contribution in [2.24, 2.45) is 0 Å². The van der Waals surface area contributed by atoms with E-state index in [2.05, 4.69) is 16.7 Å². The summed E-state index contributed by atoms with van der Waals surface area (Å²) in [7, 11) is -4.79. The van der Waals surface area contributed by atoms with Crippen LogP contribution in [0.2, 0.25) is 0 Å². The smallest absolute Gasteiger partial charge is 0.288 e. The molecule has 53 heavy (non-hydrogen) atoms. The largest absolute Gasteiger partial charge is 0.493 e. The molecule has 0 aromatic heterocycles. The van der Waals surface area contributed by atoms with Crippen LogP contribution in [-0.2, 0) is 14.7 Å². The first-order chi connectivity index (χ1) is 25.3. The highest BCUT2D eigenvalue weighted by molar-refractivity contribution is 7.86. The molecular formula is C36H47N4O11PS. The summed E-state index contributed by atoms with van der Waals surface area (Å²) in [5, 5.41) is 14.6. The van der Waals surface area contributed by atoms with E-state index in [1.54, 1.807) is 12.1 Å². The number of nitrogens with zero attached hydrogens (tertiary/aromatic N) is 2. The van der Waals surface area contributed by atoms with Crippen molar-refractivity contribution in [1.29, 1.82) is 0 Å². The quantitative estimate of drug-likeness (QED) is 0.130. The minimum atomic E-state index is -4.63. The molecule has 2 saturated heterocycles. The van der Waals surface area contributed by atoms with Gasteiger partial charge in [0.25, 0.3) is 21.9 Å². The first-order valence-corrected chi connectivity index (χ1v) is 21.3. The molecule has 2 aromatic rings.